The summed E-state index contributed by atoms with van der Waals surface area (Å²) < 4.78 is 34.8. The second-order valence-electron chi connectivity index (χ2n) is 26.7. The van der Waals surface area contributed by atoms with E-state index in [9.17, 15) is 19.0 Å². The maximum absolute atomic E-state index is 12.9. The molecule has 502 valence electrons. The monoisotopic (exact) mass is 1220 g/mol. The number of unbranched alkanes of at least 4 members (excludes halogenated alkanes) is 50. The maximum Gasteiger partial charge on any atom is 0.472 e. The van der Waals surface area contributed by atoms with Gasteiger partial charge in [0.2, 0.25) is 0 Å². The predicted molar refractivity (Wildman–Crippen MR) is 367 cm³/mol. The van der Waals surface area contributed by atoms with Gasteiger partial charge in [-0.3, -0.25) is 18.6 Å². The van der Waals surface area contributed by atoms with Crippen LogP contribution >= 0.6 is 7.82 Å². The summed E-state index contributed by atoms with van der Waals surface area (Å²) in [7, 11) is 1.49. The molecule has 0 aliphatic rings. The van der Waals surface area contributed by atoms with E-state index in [2.05, 4.69) is 50.3 Å². The van der Waals surface area contributed by atoms with Gasteiger partial charge in [-0.25, -0.2) is 4.57 Å². The topological polar surface area (TPSA) is 108 Å². The Balaban J connectivity index is 3.95. The Morgan fingerprint density at radius 3 is 0.941 bits per heavy atom. The third-order valence-electron chi connectivity index (χ3n) is 16.9. The van der Waals surface area contributed by atoms with Gasteiger partial charge in [0.05, 0.1) is 27.7 Å². The molecule has 0 radical (unpaired) electrons. The van der Waals surface area contributed by atoms with Crippen LogP contribution in [0.5, 0.6) is 0 Å². The lowest BCUT2D eigenvalue weighted by atomic mass is 10.0. The number of allylic oxidation sites excluding steroid dienone is 6. The molecular formula is C75H145NO8P+. The maximum atomic E-state index is 12.9. The summed E-state index contributed by atoms with van der Waals surface area (Å²) in [6.45, 7) is 4.49. The van der Waals surface area contributed by atoms with Crippen molar-refractivity contribution in [2.75, 3.05) is 47.5 Å². The second kappa shape index (κ2) is 66.6. The minimum atomic E-state index is -4.39. The van der Waals surface area contributed by atoms with E-state index in [1.807, 2.05) is 21.1 Å². The summed E-state index contributed by atoms with van der Waals surface area (Å²) in [5.41, 5.74) is 0. The van der Waals surface area contributed by atoms with Gasteiger partial charge < -0.3 is 18.9 Å². The van der Waals surface area contributed by atoms with Crippen molar-refractivity contribution < 1.29 is 42.1 Å². The molecular weight excluding hydrogens is 1070 g/mol. The molecule has 1 N–H and O–H groups in total. The van der Waals surface area contributed by atoms with Crippen LogP contribution in [0.1, 0.15) is 380 Å². The first-order valence-corrected chi connectivity index (χ1v) is 38.7. The molecule has 0 amide bonds. The number of phosphoric acid groups is 1. The Labute approximate surface area is 529 Å². The summed E-state index contributed by atoms with van der Waals surface area (Å²) in [6.07, 6.45) is 85.6. The highest BCUT2D eigenvalue weighted by Gasteiger charge is 2.27. The zero-order chi connectivity index (χ0) is 61.9. The number of likely N-dealkylation sites (N-methyl/N-ethyl adjacent to an activating group) is 1. The molecule has 0 aromatic heterocycles. The largest absolute Gasteiger partial charge is 0.472 e. The van der Waals surface area contributed by atoms with Crippen molar-refractivity contribution in [3.63, 3.8) is 0 Å². The van der Waals surface area contributed by atoms with E-state index in [4.69, 9.17) is 18.5 Å². The SMILES string of the molecule is CCCCCCC/C=C\C/C=C\C/C=C\CCCCCCCCCCCCCCC(=O)OC(COC(=O)CCCCCCCCCCCCCCCCCCCCCCCCCCCCCCCCCCCC)COP(=O)(O)OCC[N+](C)(C)C. The first-order valence-electron chi connectivity index (χ1n) is 37.2. The third kappa shape index (κ3) is 71.2. The van der Waals surface area contributed by atoms with E-state index >= 15 is 0 Å². The van der Waals surface area contributed by atoms with E-state index in [1.165, 1.54) is 302 Å². The molecule has 0 aromatic rings. The molecule has 0 saturated carbocycles. The van der Waals surface area contributed by atoms with Crippen LogP contribution in [0.4, 0.5) is 0 Å². The molecule has 0 aromatic carbocycles. The van der Waals surface area contributed by atoms with Crippen molar-refractivity contribution in [2.45, 2.75) is 386 Å². The lowest BCUT2D eigenvalue weighted by molar-refractivity contribution is -0.870. The summed E-state index contributed by atoms with van der Waals surface area (Å²) in [6, 6.07) is 0. The molecule has 0 fully saturated rings. The minimum absolute atomic E-state index is 0.0334. The van der Waals surface area contributed by atoms with E-state index < -0.39 is 26.5 Å². The first kappa shape index (κ1) is 83.2. The normalized spacial score (nSPS) is 13.2. The lowest BCUT2D eigenvalue weighted by Gasteiger charge is -2.24. The number of esters is 2. The number of hydrogen-bond acceptors (Lipinski definition) is 7. The summed E-state index contributed by atoms with van der Waals surface area (Å²) in [4.78, 5) is 35.9. The van der Waals surface area contributed by atoms with Gasteiger partial charge in [0.1, 0.15) is 19.8 Å². The first-order chi connectivity index (χ1) is 41.5. The van der Waals surface area contributed by atoms with Crippen LogP contribution in [-0.2, 0) is 32.7 Å². The van der Waals surface area contributed by atoms with Crippen molar-refractivity contribution in [1.29, 1.82) is 0 Å². The molecule has 10 heteroatoms. The molecule has 0 aliphatic heterocycles. The molecule has 0 heterocycles. The summed E-state index contributed by atoms with van der Waals surface area (Å²) in [5, 5.41) is 0. The van der Waals surface area contributed by atoms with Crippen LogP contribution in [0.25, 0.3) is 0 Å². The van der Waals surface area contributed by atoms with E-state index in [-0.39, 0.29) is 25.6 Å². The molecule has 0 aliphatic carbocycles. The smallest absolute Gasteiger partial charge is 0.462 e. The second-order valence-corrected chi connectivity index (χ2v) is 28.1. The quantitative estimate of drug-likeness (QED) is 0.0211. The molecule has 0 rings (SSSR count). The van der Waals surface area contributed by atoms with Gasteiger partial charge in [0.25, 0.3) is 0 Å². The molecule has 0 spiro atoms. The van der Waals surface area contributed by atoms with Gasteiger partial charge in [-0.2, -0.15) is 0 Å². The molecule has 9 nitrogen and oxygen atoms in total. The standard InChI is InChI=1S/C75H144NO8P/c1-6-8-10-12-14-16-18-20-22-24-26-28-30-32-34-35-36-37-38-39-40-42-43-45-47-49-51-53-55-57-59-61-63-65-67-74(77)81-71-73(72-83-85(79,80)82-70-69-76(3,4)5)84-75(78)68-66-64-62-60-58-56-54-52-50-48-46-44-41-33-31-29-27-25-23-21-19-17-15-13-11-9-7-2/h19,21,25,27,31,33,73H,6-18,20,22-24,26,28-30,32,34-72H2,1-5H3/p+1/b21-19-,27-25-,33-31-. The zero-order valence-corrected chi connectivity index (χ0v) is 58.3. The van der Waals surface area contributed by atoms with Gasteiger partial charge >= 0.3 is 19.8 Å². The van der Waals surface area contributed by atoms with Crippen molar-refractivity contribution in [3.05, 3.63) is 36.5 Å². The van der Waals surface area contributed by atoms with Crippen LogP contribution in [0, 0.1) is 0 Å². The Morgan fingerprint density at radius 1 is 0.365 bits per heavy atom. The highest BCUT2D eigenvalue weighted by atomic mass is 31.2. The highest BCUT2D eigenvalue weighted by molar-refractivity contribution is 7.47. The van der Waals surface area contributed by atoms with E-state index in [1.54, 1.807) is 0 Å². The van der Waals surface area contributed by atoms with Crippen molar-refractivity contribution in [3.8, 4) is 0 Å². The van der Waals surface area contributed by atoms with E-state index in [0.29, 0.717) is 23.9 Å². The van der Waals surface area contributed by atoms with Crippen LogP contribution in [-0.4, -0.2) is 74.9 Å². The number of carbonyl (C=O) groups is 2. The number of ether oxygens (including phenoxy) is 2. The van der Waals surface area contributed by atoms with Crippen LogP contribution in [0.15, 0.2) is 36.5 Å². The minimum Gasteiger partial charge on any atom is -0.462 e. The van der Waals surface area contributed by atoms with Gasteiger partial charge in [-0.05, 0) is 51.4 Å². The molecule has 2 atom stereocenters. The Bertz CT molecular complexity index is 1530. The fourth-order valence-corrected chi connectivity index (χ4v) is 11.9. The summed E-state index contributed by atoms with van der Waals surface area (Å²) in [5.74, 6) is -0.779. The van der Waals surface area contributed by atoms with Crippen LogP contribution in [0.3, 0.4) is 0 Å². The number of rotatable bonds is 70. The van der Waals surface area contributed by atoms with Gasteiger partial charge in [0.15, 0.2) is 6.10 Å². The highest BCUT2D eigenvalue weighted by Crippen LogP contribution is 2.43. The zero-order valence-electron chi connectivity index (χ0n) is 57.4. The average molecular weight is 1220 g/mol. The Kier molecular flexibility index (Phi) is 65.3. The number of phosphoric ester groups is 1. The predicted octanol–water partition coefficient (Wildman–Crippen LogP) is 24.2. The molecule has 0 saturated heterocycles. The van der Waals surface area contributed by atoms with Crippen molar-refractivity contribution in [1.82, 2.24) is 0 Å². The van der Waals surface area contributed by atoms with Crippen molar-refractivity contribution >= 4 is 19.8 Å². The van der Waals surface area contributed by atoms with Crippen molar-refractivity contribution in [2.24, 2.45) is 0 Å². The van der Waals surface area contributed by atoms with Gasteiger partial charge in [-0.15, -0.1) is 0 Å². The third-order valence-corrected chi connectivity index (χ3v) is 17.9. The van der Waals surface area contributed by atoms with Gasteiger partial charge in [0, 0.05) is 12.8 Å². The average Bonchev–Trinajstić information content (AvgIpc) is 3.52. The number of carbonyl (C=O) groups excluding carboxylic acids is 2. The number of quaternary nitrogens is 1. The Morgan fingerprint density at radius 2 is 0.635 bits per heavy atom. The van der Waals surface area contributed by atoms with Crippen LogP contribution < -0.4 is 0 Å². The Hall–Kier alpha value is -1.77. The number of nitrogens with zero attached hydrogens (tertiary/aromatic N) is 1. The lowest BCUT2D eigenvalue weighted by Crippen LogP contribution is -2.37. The molecule has 85 heavy (non-hydrogen) atoms. The van der Waals surface area contributed by atoms with Gasteiger partial charge in [-0.1, -0.05) is 352 Å². The fraction of sp³-hybridized carbons (Fsp3) is 0.893. The number of hydrogen-bond donors (Lipinski definition) is 1. The molecule has 0 bridgehead atoms. The van der Waals surface area contributed by atoms with E-state index in [0.717, 1.165) is 44.9 Å². The molecule has 2 unspecified atom stereocenters. The van der Waals surface area contributed by atoms with Crippen LogP contribution in [0.2, 0.25) is 0 Å². The fourth-order valence-electron chi connectivity index (χ4n) is 11.2. The summed E-state index contributed by atoms with van der Waals surface area (Å²) >= 11 is 0.